The molecule has 2 amide bonds. The van der Waals surface area contributed by atoms with Crippen LogP contribution in [0.15, 0.2) is 0 Å². The van der Waals surface area contributed by atoms with E-state index >= 15 is 0 Å². The molecule has 6 unspecified atom stereocenters. The molecule has 2 rings (SSSR count). The van der Waals surface area contributed by atoms with Gasteiger partial charge in [0.15, 0.2) is 5.34 Å². The highest BCUT2D eigenvalue weighted by molar-refractivity contribution is 7.54. The van der Waals surface area contributed by atoms with Gasteiger partial charge in [-0.15, -0.1) is 0 Å². The summed E-state index contributed by atoms with van der Waals surface area (Å²) in [6, 6.07) is 0. The lowest BCUT2D eigenvalue weighted by Gasteiger charge is -2.31. The van der Waals surface area contributed by atoms with Crippen LogP contribution in [0.1, 0.15) is 47.5 Å². The molecule has 2 aliphatic heterocycles. The highest BCUT2D eigenvalue weighted by Gasteiger charge is 2.47. The molecule has 2 saturated heterocycles. The van der Waals surface area contributed by atoms with Gasteiger partial charge < -0.3 is 24.0 Å². The molecule has 2 aliphatic rings. The molecule has 0 aromatic carbocycles. The van der Waals surface area contributed by atoms with Crippen molar-refractivity contribution in [3.63, 3.8) is 0 Å². The molecule has 0 aliphatic carbocycles. The standard InChI is InChI=1S/C18H32NO8P/c1-10(2)8-25-18(4,5)28(23,24)26-9-15-13(20)7-14(27-15)12-6-11(3)16(21)19-17(12)22/h10-15,20H,6-9H2,1-5H3,(H,23,24)(H,19,21,22). The summed E-state index contributed by atoms with van der Waals surface area (Å²) in [4.78, 5) is 34.0. The summed E-state index contributed by atoms with van der Waals surface area (Å²) in [5.74, 6) is -1.42. The Kier molecular flexibility index (Phi) is 7.45. The Morgan fingerprint density at radius 3 is 2.54 bits per heavy atom. The summed E-state index contributed by atoms with van der Waals surface area (Å²) in [5, 5.41) is 11.2. The van der Waals surface area contributed by atoms with Crippen LogP contribution in [0.4, 0.5) is 0 Å². The third-order valence-electron chi connectivity index (χ3n) is 5.20. The number of imide groups is 1. The number of aliphatic hydroxyl groups excluding tert-OH is 1. The Balaban J connectivity index is 1.94. The van der Waals surface area contributed by atoms with Crippen molar-refractivity contribution in [2.75, 3.05) is 13.2 Å². The van der Waals surface area contributed by atoms with Gasteiger partial charge in [0, 0.05) is 12.3 Å². The Hall–Kier alpha value is -0.830. The van der Waals surface area contributed by atoms with Crippen molar-refractivity contribution in [1.29, 1.82) is 0 Å². The fraction of sp³-hybridized carbons (Fsp3) is 0.889. The number of carbonyl (C=O) groups is 2. The van der Waals surface area contributed by atoms with Crippen molar-refractivity contribution < 1.29 is 38.2 Å². The zero-order valence-electron chi connectivity index (χ0n) is 17.1. The SMILES string of the molecule is CC(C)COC(C)(C)P(=O)(O)OCC1OC(C2CC(C)C(=O)NC2=O)CC1O. The molecule has 9 nitrogen and oxygen atoms in total. The van der Waals surface area contributed by atoms with Crippen molar-refractivity contribution in [2.24, 2.45) is 17.8 Å². The lowest BCUT2D eigenvalue weighted by Crippen LogP contribution is -2.49. The smallest absolute Gasteiger partial charge is 0.359 e. The van der Waals surface area contributed by atoms with Crippen LogP contribution in [0.25, 0.3) is 0 Å². The number of hydrogen-bond acceptors (Lipinski definition) is 7. The summed E-state index contributed by atoms with van der Waals surface area (Å²) < 4.78 is 29.1. The minimum Gasteiger partial charge on any atom is -0.390 e. The van der Waals surface area contributed by atoms with Gasteiger partial charge in [0.25, 0.3) is 0 Å². The Morgan fingerprint density at radius 2 is 1.93 bits per heavy atom. The van der Waals surface area contributed by atoms with Crippen LogP contribution in [0.3, 0.4) is 0 Å². The molecule has 10 heteroatoms. The number of piperidine rings is 1. The van der Waals surface area contributed by atoms with Crippen LogP contribution >= 0.6 is 7.60 Å². The van der Waals surface area contributed by atoms with E-state index in [1.54, 1.807) is 6.92 Å². The second-order valence-corrected chi connectivity index (χ2v) is 11.0. The molecule has 2 fully saturated rings. The lowest BCUT2D eigenvalue weighted by atomic mass is 9.85. The molecule has 2 heterocycles. The Morgan fingerprint density at radius 1 is 1.29 bits per heavy atom. The fourth-order valence-electron chi connectivity index (χ4n) is 3.21. The van der Waals surface area contributed by atoms with Gasteiger partial charge in [-0.3, -0.25) is 19.5 Å². The first kappa shape index (κ1) is 23.4. The number of nitrogens with one attached hydrogen (secondary N) is 1. The van der Waals surface area contributed by atoms with E-state index in [1.165, 1.54) is 13.8 Å². The molecule has 0 radical (unpaired) electrons. The normalized spacial score (nSPS) is 33.8. The van der Waals surface area contributed by atoms with Crippen LogP contribution in [0.2, 0.25) is 0 Å². The number of aliphatic hydroxyl groups is 1. The van der Waals surface area contributed by atoms with Crippen LogP contribution in [-0.2, 0) is 28.2 Å². The highest BCUT2D eigenvalue weighted by atomic mass is 31.2. The number of rotatable bonds is 8. The first-order valence-corrected chi connectivity index (χ1v) is 11.2. The molecule has 162 valence electrons. The summed E-state index contributed by atoms with van der Waals surface area (Å²) >= 11 is 0. The van der Waals surface area contributed by atoms with Crippen LogP contribution in [0, 0.1) is 17.8 Å². The zero-order valence-corrected chi connectivity index (χ0v) is 18.0. The molecule has 0 saturated carbocycles. The molecule has 0 aromatic rings. The molecule has 6 atom stereocenters. The number of carbonyl (C=O) groups excluding carboxylic acids is 2. The molecule has 0 aromatic heterocycles. The van der Waals surface area contributed by atoms with Gasteiger partial charge in [-0.2, -0.15) is 0 Å². The second kappa shape index (κ2) is 8.90. The Labute approximate surface area is 165 Å². The predicted molar refractivity (Wildman–Crippen MR) is 100 cm³/mol. The second-order valence-electron chi connectivity index (χ2n) is 8.58. The molecule has 28 heavy (non-hydrogen) atoms. The maximum atomic E-state index is 12.6. The van der Waals surface area contributed by atoms with Gasteiger partial charge in [-0.05, 0) is 26.2 Å². The summed E-state index contributed by atoms with van der Waals surface area (Å²) in [6.45, 7) is 8.55. The summed E-state index contributed by atoms with van der Waals surface area (Å²) in [7, 11) is -4.15. The minimum atomic E-state index is -4.15. The van der Waals surface area contributed by atoms with Crippen molar-refractivity contribution in [3.8, 4) is 0 Å². The molecule has 3 N–H and O–H groups in total. The van der Waals surface area contributed by atoms with Gasteiger partial charge in [-0.1, -0.05) is 20.8 Å². The van der Waals surface area contributed by atoms with E-state index < -0.39 is 43.1 Å². The first-order valence-electron chi connectivity index (χ1n) is 9.63. The van der Waals surface area contributed by atoms with Gasteiger partial charge in [0.2, 0.25) is 11.8 Å². The van der Waals surface area contributed by atoms with E-state index in [9.17, 15) is 24.2 Å². The van der Waals surface area contributed by atoms with Crippen LogP contribution in [0.5, 0.6) is 0 Å². The monoisotopic (exact) mass is 421 g/mol. The average Bonchev–Trinajstić information content (AvgIpc) is 2.95. The Bertz CT molecular complexity index is 637. The van der Waals surface area contributed by atoms with E-state index in [-0.39, 0.29) is 30.8 Å². The molecule has 0 spiro atoms. The predicted octanol–water partition coefficient (Wildman–Crippen LogP) is 1.41. The van der Waals surface area contributed by atoms with E-state index in [4.69, 9.17) is 14.0 Å². The van der Waals surface area contributed by atoms with Crippen LogP contribution in [-0.4, -0.2) is 58.7 Å². The van der Waals surface area contributed by atoms with Crippen molar-refractivity contribution in [3.05, 3.63) is 0 Å². The number of amides is 2. The maximum absolute atomic E-state index is 12.6. The summed E-state index contributed by atoms with van der Waals surface area (Å²) in [6.07, 6.45) is -1.83. The third kappa shape index (κ3) is 5.40. The lowest BCUT2D eigenvalue weighted by molar-refractivity contribution is -0.144. The van der Waals surface area contributed by atoms with E-state index in [0.717, 1.165) is 0 Å². The van der Waals surface area contributed by atoms with E-state index in [0.29, 0.717) is 13.0 Å². The van der Waals surface area contributed by atoms with Gasteiger partial charge in [0.05, 0.1) is 31.3 Å². The van der Waals surface area contributed by atoms with Crippen molar-refractivity contribution in [2.45, 2.75) is 71.1 Å². The molecule has 0 bridgehead atoms. The van der Waals surface area contributed by atoms with Gasteiger partial charge in [0.1, 0.15) is 6.10 Å². The van der Waals surface area contributed by atoms with Crippen molar-refractivity contribution >= 4 is 19.4 Å². The first-order chi connectivity index (χ1) is 12.8. The zero-order chi connectivity index (χ0) is 21.3. The van der Waals surface area contributed by atoms with E-state index in [2.05, 4.69) is 5.32 Å². The topological polar surface area (TPSA) is 131 Å². The largest absolute Gasteiger partial charge is 0.390 e. The van der Waals surface area contributed by atoms with Gasteiger partial charge in [-0.25, -0.2) is 0 Å². The number of ether oxygens (including phenoxy) is 2. The third-order valence-corrected chi connectivity index (χ3v) is 7.19. The number of hydrogen-bond donors (Lipinski definition) is 3. The molecular weight excluding hydrogens is 389 g/mol. The van der Waals surface area contributed by atoms with E-state index in [1.807, 2.05) is 13.8 Å². The minimum absolute atomic E-state index is 0.190. The summed E-state index contributed by atoms with van der Waals surface area (Å²) in [5.41, 5.74) is 0. The average molecular weight is 421 g/mol. The fourth-order valence-corrected chi connectivity index (χ4v) is 4.10. The quantitative estimate of drug-likeness (QED) is 0.396. The van der Waals surface area contributed by atoms with Crippen LogP contribution < -0.4 is 5.32 Å². The highest BCUT2D eigenvalue weighted by Crippen LogP contribution is 2.56. The van der Waals surface area contributed by atoms with Gasteiger partial charge >= 0.3 is 7.60 Å². The van der Waals surface area contributed by atoms with Crippen molar-refractivity contribution in [1.82, 2.24) is 5.32 Å². The maximum Gasteiger partial charge on any atom is 0.359 e. The molecular formula is C18H32NO8P.